The second kappa shape index (κ2) is 7.97. The minimum atomic E-state index is -4.28. The molecule has 4 rings (SSSR count). The Bertz CT molecular complexity index is 1230. The van der Waals surface area contributed by atoms with Crippen LogP contribution in [-0.2, 0) is 0 Å². The number of fused-ring (bicyclic) bond motifs is 1. The van der Waals surface area contributed by atoms with Gasteiger partial charge in [0.25, 0.3) is 0 Å². The second-order valence-electron chi connectivity index (χ2n) is 8.69. The lowest BCUT2D eigenvalue weighted by Crippen LogP contribution is -2.16. The van der Waals surface area contributed by atoms with Crippen LogP contribution >= 0.6 is 0 Å². The fourth-order valence-corrected chi connectivity index (χ4v) is 3.72. The molecule has 0 spiro atoms. The van der Waals surface area contributed by atoms with Crippen LogP contribution in [0.4, 0.5) is 19.0 Å². The number of hydrogen-bond acceptors (Lipinski definition) is 4. The van der Waals surface area contributed by atoms with Gasteiger partial charge in [-0.2, -0.15) is 13.2 Å². The monoisotopic (exact) mass is 440 g/mol. The van der Waals surface area contributed by atoms with Crippen molar-refractivity contribution in [3.05, 3.63) is 47.4 Å². The topological polar surface area (TPSA) is 59.3 Å². The third-order valence-electron chi connectivity index (χ3n) is 5.85. The van der Waals surface area contributed by atoms with E-state index in [1.165, 1.54) is 0 Å². The molecular formula is C24H23F3N4O. The molecule has 1 fully saturated rings. The molecule has 0 atom stereocenters. The summed E-state index contributed by atoms with van der Waals surface area (Å²) in [6, 6.07) is 5.59. The molecule has 8 heteroatoms. The Morgan fingerprint density at radius 1 is 1.34 bits per heavy atom. The van der Waals surface area contributed by atoms with Gasteiger partial charge in [-0.25, -0.2) is 9.97 Å². The zero-order valence-corrected chi connectivity index (χ0v) is 17.9. The van der Waals surface area contributed by atoms with Crippen LogP contribution in [0.2, 0.25) is 0 Å². The summed E-state index contributed by atoms with van der Waals surface area (Å²) in [5, 5.41) is 2.69. The molecule has 0 aliphatic heterocycles. The summed E-state index contributed by atoms with van der Waals surface area (Å²) in [6.07, 6.45) is 6.19. The molecule has 1 aliphatic rings. The van der Waals surface area contributed by atoms with E-state index in [1.54, 1.807) is 16.8 Å². The van der Waals surface area contributed by atoms with Crippen molar-refractivity contribution in [2.45, 2.75) is 45.7 Å². The van der Waals surface area contributed by atoms with Gasteiger partial charge in [-0.3, -0.25) is 9.20 Å². The highest BCUT2D eigenvalue weighted by atomic mass is 19.4. The Hall–Kier alpha value is -3.34. The van der Waals surface area contributed by atoms with Crippen LogP contribution in [0.3, 0.4) is 0 Å². The molecule has 2 aromatic heterocycles. The van der Waals surface area contributed by atoms with Crippen molar-refractivity contribution in [1.29, 1.82) is 0 Å². The van der Waals surface area contributed by atoms with Crippen LogP contribution < -0.4 is 5.32 Å². The smallest absolute Gasteiger partial charge is 0.367 e. The Morgan fingerprint density at radius 2 is 2.09 bits per heavy atom. The molecule has 1 aromatic carbocycles. The van der Waals surface area contributed by atoms with Crippen molar-refractivity contribution in [2.24, 2.45) is 5.41 Å². The molecule has 2 heterocycles. The maximum absolute atomic E-state index is 12.7. The highest BCUT2D eigenvalue weighted by molar-refractivity contribution is 5.98. The van der Waals surface area contributed by atoms with Gasteiger partial charge >= 0.3 is 6.18 Å². The number of rotatable bonds is 7. The van der Waals surface area contributed by atoms with E-state index in [0.29, 0.717) is 23.3 Å². The predicted octanol–water partition coefficient (Wildman–Crippen LogP) is 5.42. The number of aryl methyl sites for hydroxylation is 1. The summed E-state index contributed by atoms with van der Waals surface area (Å²) >= 11 is 0. The fourth-order valence-electron chi connectivity index (χ4n) is 3.72. The van der Waals surface area contributed by atoms with Gasteiger partial charge in [0, 0.05) is 30.3 Å². The van der Waals surface area contributed by atoms with E-state index in [0.717, 1.165) is 24.0 Å². The first-order valence-electron chi connectivity index (χ1n) is 10.4. The zero-order chi connectivity index (χ0) is 23.1. The molecule has 32 heavy (non-hydrogen) atoms. The molecule has 0 saturated heterocycles. The van der Waals surface area contributed by atoms with Crippen molar-refractivity contribution < 1.29 is 18.0 Å². The van der Waals surface area contributed by atoms with Crippen molar-refractivity contribution in [1.82, 2.24) is 14.4 Å². The third kappa shape index (κ3) is 4.62. The SMILES string of the molecule is C#Cc1cn2c(-c3ccc(C(=O)CC4(C)CC4)c(C)c3)cnc2c(NCCC(F)(F)F)n1. The predicted molar refractivity (Wildman–Crippen MR) is 117 cm³/mol. The van der Waals surface area contributed by atoms with E-state index in [4.69, 9.17) is 6.42 Å². The third-order valence-corrected chi connectivity index (χ3v) is 5.85. The Labute approximate surface area is 184 Å². The van der Waals surface area contributed by atoms with Crippen LogP contribution in [0.1, 0.15) is 54.2 Å². The van der Waals surface area contributed by atoms with Crippen LogP contribution in [0.25, 0.3) is 16.9 Å². The molecule has 1 aliphatic carbocycles. The lowest BCUT2D eigenvalue weighted by molar-refractivity contribution is -0.131. The number of alkyl halides is 3. The number of terminal acetylenes is 1. The Balaban J connectivity index is 1.66. The van der Waals surface area contributed by atoms with Gasteiger partial charge in [-0.05, 0) is 42.7 Å². The number of imidazole rings is 1. The zero-order valence-electron chi connectivity index (χ0n) is 17.9. The first-order valence-corrected chi connectivity index (χ1v) is 10.4. The Morgan fingerprint density at radius 3 is 2.72 bits per heavy atom. The summed E-state index contributed by atoms with van der Waals surface area (Å²) in [7, 11) is 0. The number of nitrogens with one attached hydrogen (secondary N) is 1. The van der Waals surface area contributed by atoms with Crippen LogP contribution in [0.15, 0.2) is 30.6 Å². The molecule has 1 N–H and O–H groups in total. The van der Waals surface area contributed by atoms with E-state index in [1.807, 2.05) is 25.1 Å². The molecular weight excluding hydrogens is 417 g/mol. The van der Waals surface area contributed by atoms with Gasteiger partial charge in [0.05, 0.1) is 18.3 Å². The van der Waals surface area contributed by atoms with Gasteiger partial charge in [-0.15, -0.1) is 6.42 Å². The van der Waals surface area contributed by atoms with E-state index >= 15 is 0 Å². The number of benzene rings is 1. The van der Waals surface area contributed by atoms with Crippen molar-refractivity contribution in [3.63, 3.8) is 0 Å². The maximum Gasteiger partial charge on any atom is 0.390 e. The number of aromatic nitrogens is 3. The molecule has 0 amide bonds. The summed E-state index contributed by atoms with van der Waals surface area (Å²) in [6.45, 7) is 3.69. The number of Topliss-reactive ketones (excluding diaryl/α,β-unsaturated/α-hetero) is 1. The largest absolute Gasteiger partial charge is 0.390 e. The molecule has 1 saturated carbocycles. The van der Waals surface area contributed by atoms with Crippen molar-refractivity contribution in [2.75, 3.05) is 11.9 Å². The van der Waals surface area contributed by atoms with Crippen LogP contribution in [0.5, 0.6) is 0 Å². The van der Waals surface area contributed by atoms with Gasteiger partial charge in [0.15, 0.2) is 17.2 Å². The fraction of sp³-hybridized carbons (Fsp3) is 0.375. The average Bonchev–Trinajstić information content (AvgIpc) is 3.28. The number of ketones is 1. The first kappa shape index (κ1) is 21.9. The minimum absolute atomic E-state index is 0.137. The summed E-state index contributed by atoms with van der Waals surface area (Å²) in [4.78, 5) is 21.2. The van der Waals surface area contributed by atoms with Gasteiger partial charge in [-0.1, -0.05) is 19.1 Å². The number of nitrogens with zero attached hydrogens (tertiary/aromatic N) is 3. The lowest BCUT2D eigenvalue weighted by atomic mass is 9.93. The van der Waals surface area contributed by atoms with Crippen LogP contribution in [-0.4, -0.2) is 32.9 Å². The molecule has 166 valence electrons. The van der Waals surface area contributed by atoms with Gasteiger partial charge < -0.3 is 5.32 Å². The molecule has 0 unspecified atom stereocenters. The van der Waals surface area contributed by atoms with Crippen molar-refractivity contribution in [3.8, 4) is 23.6 Å². The number of carbonyl (C=O) groups excluding carboxylic acids is 1. The summed E-state index contributed by atoms with van der Waals surface area (Å²) < 4.78 is 39.3. The summed E-state index contributed by atoms with van der Waals surface area (Å²) in [5.41, 5.74) is 3.87. The molecule has 0 radical (unpaired) electrons. The lowest BCUT2D eigenvalue weighted by Gasteiger charge is -2.12. The molecule has 3 aromatic rings. The number of carbonyl (C=O) groups is 1. The average molecular weight is 440 g/mol. The van der Waals surface area contributed by atoms with Gasteiger partial charge in [0.1, 0.15) is 5.69 Å². The van der Waals surface area contributed by atoms with E-state index in [9.17, 15) is 18.0 Å². The highest BCUT2D eigenvalue weighted by Gasteiger charge is 2.39. The minimum Gasteiger partial charge on any atom is -0.367 e. The van der Waals surface area contributed by atoms with E-state index in [-0.39, 0.29) is 29.3 Å². The highest BCUT2D eigenvalue weighted by Crippen LogP contribution is 2.48. The maximum atomic E-state index is 12.7. The molecule has 0 bridgehead atoms. The quantitative estimate of drug-likeness (QED) is 0.394. The number of hydrogen-bond donors (Lipinski definition) is 1. The first-order chi connectivity index (χ1) is 15.1. The second-order valence-corrected chi connectivity index (χ2v) is 8.69. The summed E-state index contributed by atoms with van der Waals surface area (Å²) in [5.74, 6) is 2.76. The van der Waals surface area contributed by atoms with Crippen LogP contribution in [0, 0.1) is 24.7 Å². The number of halogens is 3. The van der Waals surface area contributed by atoms with E-state index < -0.39 is 12.6 Å². The van der Waals surface area contributed by atoms with Gasteiger partial charge in [0.2, 0.25) is 0 Å². The normalized spacial score (nSPS) is 14.9. The standard InChI is InChI=1S/C24H23F3N4O/c1-4-17-14-31-19(13-29-22(31)21(30-17)28-10-9-24(25,26)27)16-5-6-18(15(2)11-16)20(32)12-23(3)7-8-23/h1,5-6,11,13-14H,7-10,12H2,2-3H3,(H,28,30). The van der Waals surface area contributed by atoms with E-state index in [2.05, 4.69) is 28.1 Å². The number of anilines is 1. The van der Waals surface area contributed by atoms with Crippen molar-refractivity contribution >= 4 is 17.2 Å². The Kier molecular flexibility index (Phi) is 5.45. The molecule has 5 nitrogen and oxygen atoms in total.